The zero-order valence-electron chi connectivity index (χ0n) is 9.31. The zero-order chi connectivity index (χ0) is 12.1. The standard InChI is InChI=1S/C12H14FN3O/c13-11-8-10(14-9-15-17)4-5-12(11)16-6-2-1-3-7-16/h1-2,4-5,8-9,17H,3,6-7H2,(H,14,15). The van der Waals surface area contributed by atoms with Gasteiger partial charge in [0.2, 0.25) is 0 Å². The van der Waals surface area contributed by atoms with Crippen molar-refractivity contribution in [2.24, 2.45) is 5.16 Å². The first-order valence-corrected chi connectivity index (χ1v) is 5.43. The van der Waals surface area contributed by atoms with E-state index in [1.54, 1.807) is 12.1 Å². The monoisotopic (exact) mass is 235 g/mol. The lowest BCUT2D eigenvalue weighted by molar-refractivity contribution is 0.321. The van der Waals surface area contributed by atoms with Crippen LogP contribution >= 0.6 is 0 Å². The summed E-state index contributed by atoms with van der Waals surface area (Å²) in [5, 5.41) is 13.7. The van der Waals surface area contributed by atoms with E-state index in [1.165, 1.54) is 6.07 Å². The number of rotatable bonds is 3. The molecule has 0 bridgehead atoms. The Morgan fingerprint density at radius 1 is 1.41 bits per heavy atom. The van der Waals surface area contributed by atoms with Gasteiger partial charge in [0, 0.05) is 18.8 Å². The smallest absolute Gasteiger partial charge is 0.148 e. The van der Waals surface area contributed by atoms with Crippen molar-refractivity contribution in [3.63, 3.8) is 0 Å². The quantitative estimate of drug-likeness (QED) is 0.278. The number of hydrogen-bond donors (Lipinski definition) is 2. The van der Waals surface area contributed by atoms with Crippen LogP contribution in [0.3, 0.4) is 0 Å². The van der Waals surface area contributed by atoms with Gasteiger partial charge in [-0.05, 0) is 24.6 Å². The van der Waals surface area contributed by atoms with Gasteiger partial charge in [-0.2, -0.15) is 0 Å². The van der Waals surface area contributed by atoms with Crippen molar-refractivity contribution in [1.29, 1.82) is 0 Å². The molecule has 1 aromatic carbocycles. The van der Waals surface area contributed by atoms with E-state index in [2.05, 4.69) is 16.5 Å². The normalized spacial score (nSPS) is 15.5. The molecule has 0 amide bonds. The lowest BCUT2D eigenvalue weighted by atomic mass is 10.2. The molecular formula is C12H14FN3O. The number of hydrogen-bond acceptors (Lipinski definition) is 3. The first-order valence-electron chi connectivity index (χ1n) is 5.43. The van der Waals surface area contributed by atoms with Gasteiger partial charge in [-0.15, -0.1) is 0 Å². The first-order chi connectivity index (χ1) is 8.31. The molecule has 2 rings (SSSR count). The molecule has 0 fully saturated rings. The SMILES string of the molecule is O/N=C/Nc1ccc(N2CC=CCC2)c(F)c1. The van der Waals surface area contributed by atoms with Crippen LogP contribution in [0.25, 0.3) is 0 Å². The van der Waals surface area contributed by atoms with Crippen LogP contribution in [0.4, 0.5) is 15.8 Å². The van der Waals surface area contributed by atoms with Gasteiger partial charge < -0.3 is 15.4 Å². The Bertz CT molecular complexity index is 445. The van der Waals surface area contributed by atoms with Crippen LogP contribution in [0, 0.1) is 5.82 Å². The molecule has 0 aliphatic carbocycles. The molecule has 1 aromatic rings. The van der Waals surface area contributed by atoms with Crippen LogP contribution in [0.2, 0.25) is 0 Å². The molecule has 1 heterocycles. The molecule has 0 unspecified atom stereocenters. The largest absolute Gasteiger partial charge is 0.410 e. The Balaban J connectivity index is 2.16. The average molecular weight is 235 g/mol. The van der Waals surface area contributed by atoms with Crippen LogP contribution < -0.4 is 10.2 Å². The van der Waals surface area contributed by atoms with Gasteiger partial charge in [0.1, 0.15) is 12.2 Å². The van der Waals surface area contributed by atoms with Crippen molar-refractivity contribution in [3.05, 3.63) is 36.2 Å². The molecule has 1 aliphatic heterocycles. The molecular weight excluding hydrogens is 221 g/mol. The molecule has 0 saturated carbocycles. The van der Waals surface area contributed by atoms with E-state index >= 15 is 0 Å². The van der Waals surface area contributed by atoms with Crippen molar-refractivity contribution in [2.45, 2.75) is 6.42 Å². The van der Waals surface area contributed by atoms with Crippen LogP contribution in [0.1, 0.15) is 6.42 Å². The third-order valence-electron chi connectivity index (χ3n) is 2.64. The molecule has 0 radical (unpaired) electrons. The number of nitrogens with one attached hydrogen (secondary N) is 1. The van der Waals surface area contributed by atoms with E-state index in [9.17, 15) is 4.39 Å². The fourth-order valence-electron chi connectivity index (χ4n) is 1.82. The van der Waals surface area contributed by atoms with Crippen molar-refractivity contribution in [1.82, 2.24) is 0 Å². The molecule has 90 valence electrons. The van der Waals surface area contributed by atoms with E-state index in [0.29, 0.717) is 11.4 Å². The van der Waals surface area contributed by atoms with Crippen LogP contribution in [0.15, 0.2) is 35.5 Å². The van der Waals surface area contributed by atoms with Crippen molar-refractivity contribution < 1.29 is 9.60 Å². The molecule has 2 N–H and O–H groups in total. The fourth-order valence-corrected chi connectivity index (χ4v) is 1.82. The Morgan fingerprint density at radius 2 is 2.29 bits per heavy atom. The number of nitrogens with zero attached hydrogens (tertiary/aromatic N) is 2. The van der Waals surface area contributed by atoms with E-state index in [0.717, 1.165) is 25.8 Å². The average Bonchev–Trinajstić information content (AvgIpc) is 2.37. The first kappa shape index (κ1) is 11.4. The molecule has 1 aliphatic rings. The summed E-state index contributed by atoms with van der Waals surface area (Å²) in [7, 11) is 0. The van der Waals surface area contributed by atoms with Gasteiger partial charge in [0.15, 0.2) is 0 Å². The number of halogens is 1. The second-order valence-electron chi connectivity index (χ2n) is 3.76. The minimum Gasteiger partial charge on any atom is -0.410 e. The summed E-state index contributed by atoms with van der Waals surface area (Å²) in [4.78, 5) is 1.99. The molecule has 4 nitrogen and oxygen atoms in total. The summed E-state index contributed by atoms with van der Waals surface area (Å²) < 4.78 is 13.8. The van der Waals surface area contributed by atoms with E-state index in [4.69, 9.17) is 5.21 Å². The van der Waals surface area contributed by atoms with Gasteiger partial charge in [-0.1, -0.05) is 17.3 Å². The highest BCUT2D eigenvalue weighted by atomic mass is 19.1. The maximum atomic E-state index is 13.8. The molecule has 0 saturated heterocycles. The number of anilines is 2. The molecule has 5 heteroatoms. The number of oxime groups is 1. The Hall–Kier alpha value is -2.04. The molecule has 0 aromatic heterocycles. The van der Waals surface area contributed by atoms with Gasteiger partial charge >= 0.3 is 0 Å². The summed E-state index contributed by atoms with van der Waals surface area (Å²) >= 11 is 0. The minimum absolute atomic E-state index is 0.281. The number of benzene rings is 1. The molecule has 0 atom stereocenters. The Kier molecular flexibility index (Phi) is 3.59. The van der Waals surface area contributed by atoms with Crippen LogP contribution in [-0.2, 0) is 0 Å². The molecule has 0 spiro atoms. The highest BCUT2D eigenvalue weighted by molar-refractivity contribution is 5.75. The van der Waals surface area contributed by atoms with E-state index in [1.807, 2.05) is 11.0 Å². The summed E-state index contributed by atoms with van der Waals surface area (Å²) in [5.41, 5.74) is 1.15. The third-order valence-corrected chi connectivity index (χ3v) is 2.64. The van der Waals surface area contributed by atoms with E-state index in [-0.39, 0.29) is 5.82 Å². The van der Waals surface area contributed by atoms with Gasteiger partial charge in [-0.25, -0.2) is 4.39 Å². The van der Waals surface area contributed by atoms with Crippen molar-refractivity contribution in [2.75, 3.05) is 23.3 Å². The van der Waals surface area contributed by atoms with Gasteiger partial charge in [0.05, 0.1) is 5.69 Å². The highest BCUT2D eigenvalue weighted by Crippen LogP contribution is 2.24. The van der Waals surface area contributed by atoms with Crippen LogP contribution in [-0.4, -0.2) is 24.6 Å². The Morgan fingerprint density at radius 3 is 2.94 bits per heavy atom. The second kappa shape index (κ2) is 5.34. The predicted octanol–water partition coefficient (Wildman–Crippen LogP) is 2.42. The summed E-state index contributed by atoms with van der Waals surface area (Å²) in [5.74, 6) is -0.281. The van der Waals surface area contributed by atoms with Crippen molar-refractivity contribution >= 4 is 17.7 Å². The third kappa shape index (κ3) is 2.75. The predicted molar refractivity (Wildman–Crippen MR) is 66.3 cm³/mol. The van der Waals surface area contributed by atoms with E-state index < -0.39 is 0 Å². The fraction of sp³-hybridized carbons (Fsp3) is 0.250. The van der Waals surface area contributed by atoms with Gasteiger partial charge in [-0.3, -0.25) is 0 Å². The summed E-state index contributed by atoms with van der Waals surface area (Å²) in [6.07, 6.45) is 6.17. The zero-order valence-corrected chi connectivity index (χ0v) is 9.31. The second-order valence-corrected chi connectivity index (χ2v) is 3.76. The maximum absolute atomic E-state index is 13.8. The summed E-state index contributed by atoms with van der Waals surface area (Å²) in [6, 6.07) is 4.86. The van der Waals surface area contributed by atoms with Crippen molar-refractivity contribution in [3.8, 4) is 0 Å². The molecule has 17 heavy (non-hydrogen) atoms. The Labute approximate surface area is 99.0 Å². The summed E-state index contributed by atoms with van der Waals surface area (Å²) in [6.45, 7) is 1.57. The minimum atomic E-state index is -0.281. The topological polar surface area (TPSA) is 47.9 Å². The van der Waals surface area contributed by atoms with Gasteiger partial charge in [0.25, 0.3) is 0 Å². The lowest BCUT2D eigenvalue weighted by Crippen LogP contribution is -2.27. The maximum Gasteiger partial charge on any atom is 0.148 e. The lowest BCUT2D eigenvalue weighted by Gasteiger charge is -2.26. The van der Waals surface area contributed by atoms with Crippen LogP contribution in [0.5, 0.6) is 0 Å². The highest BCUT2D eigenvalue weighted by Gasteiger charge is 2.12.